The van der Waals surface area contributed by atoms with E-state index in [0.717, 1.165) is 37.6 Å². The number of nitrogens with one attached hydrogen (secondary N) is 2. The van der Waals surface area contributed by atoms with Crippen LogP contribution >= 0.6 is 0 Å². The Hall–Kier alpha value is -2.15. The van der Waals surface area contributed by atoms with Gasteiger partial charge < -0.3 is 10.6 Å². The highest BCUT2D eigenvalue weighted by Gasteiger charge is 2.30. The van der Waals surface area contributed by atoms with Crippen molar-refractivity contribution in [1.29, 1.82) is 0 Å². The molecule has 0 aromatic carbocycles. The van der Waals surface area contributed by atoms with E-state index in [0.29, 0.717) is 25.6 Å². The SMILES string of the molecule is Cc1cccc(NC[C@H]2CCN(CC(=O)N3CCNC3=O)C2)n1. The Kier molecular flexibility index (Phi) is 4.76. The molecule has 1 aromatic rings. The van der Waals surface area contributed by atoms with Crippen LogP contribution in [0, 0.1) is 12.8 Å². The molecule has 3 rings (SSSR count). The number of nitrogens with zero attached hydrogens (tertiary/aromatic N) is 3. The zero-order valence-electron chi connectivity index (χ0n) is 13.4. The average molecular weight is 317 g/mol. The molecule has 1 aromatic heterocycles. The lowest BCUT2D eigenvalue weighted by atomic mass is 10.1. The first-order valence-corrected chi connectivity index (χ1v) is 8.10. The summed E-state index contributed by atoms with van der Waals surface area (Å²) >= 11 is 0. The van der Waals surface area contributed by atoms with Gasteiger partial charge in [0.1, 0.15) is 5.82 Å². The molecule has 0 radical (unpaired) electrons. The lowest BCUT2D eigenvalue weighted by Gasteiger charge is -2.19. The van der Waals surface area contributed by atoms with Crippen molar-refractivity contribution in [3.05, 3.63) is 23.9 Å². The summed E-state index contributed by atoms with van der Waals surface area (Å²) in [4.78, 5) is 31.5. The maximum absolute atomic E-state index is 12.1. The van der Waals surface area contributed by atoms with Crippen LogP contribution in [0.2, 0.25) is 0 Å². The molecule has 3 heterocycles. The first kappa shape index (κ1) is 15.7. The molecule has 0 aliphatic carbocycles. The predicted molar refractivity (Wildman–Crippen MR) is 87.1 cm³/mol. The van der Waals surface area contributed by atoms with Gasteiger partial charge in [0, 0.05) is 31.9 Å². The summed E-state index contributed by atoms with van der Waals surface area (Å²) in [6.07, 6.45) is 1.05. The van der Waals surface area contributed by atoms with E-state index in [1.54, 1.807) is 0 Å². The van der Waals surface area contributed by atoms with Gasteiger partial charge in [0.25, 0.3) is 0 Å². The van der Waals surface area contributed by atoms with Gasteiger partial charge in [-0.15, -0.1) is 0 Å². The van der Waals surface area contributed by atoms with Crippen LogP contribution in [0.3, 0.4) is 0 Å². The molecule has 1 atom stereocenters. The fourth-order valence-electron chi connectivity index (χ4n) is 3.10. The van der Waals surface area contributed by atoms with Gasteiger partial charge >= 0.3 is 6.03 Å². The first-order chi connectivity index (χ1) is 11.1. The Morgan fingerprint density at radius 1 is 1.43 bits per heavy atom. The molecule has 2 aliphatic heterocycles. The number of rotatable bonds is 5. The maximum Gasteiger partial charge on any atom is 0.324 e. The van der Waals surface area contributed by atoms with Crippen LogP contribution < -0.4 is 10.6 Å². The zero-order valence-corrected chi connectivity index (χ0v) is 13.4. The number of hydrogen-bond donors (Lipinski definition) is 2. The van der Waals surface area contributed by atoms with Crippen molar-refractivity contribution in [3.8, 4) is 0 Å². The molecule has 3 amide bonds. The molecule has 7 nitrogen and oxygen atoms in total. The Balaban J connectivity index is 1.43. The number of likely N-dealkylation sites (tertiary alicyclic amines) is 1. The highest BCUT2D eigenvalue weighted by molar-refractivity contribution is 5.96. The monoisotopic (exact) mass is 317 g/mol. The van der Waals surface area contributed by atoms with E-state index in [2.05, 4.69) is 20.5 Å². The fourth-order valence-corrected chi connectivity index (χ4v) is 3.10. The van der Waals surface area contributed by atoms with Crippen LogP contribution in [0.15, 0.2) is 18.2 Å². The third kappa shape index (κ3) is 3.98. The average Bonchev–Trinajstić information content (AvgIpc) is 3.14. The van der Waals surface area contributed by atoms with Crippen LogP contribution in [0.1, 0.15) is 12.1 Å². The van der Waals surface area contributed by atoms with Crippen LogP contribution in [-0.4, -0.2) is 66.0 Å². The van der Waals surface area contributed by atoms with Gasteiger partial charge in [-0.25, -0.2) is 9.78 Å². The van der Waals surface area contributed by atoms with Crippen LogP contribution in [0.25, 0.3) is 0 Å². The minimum atomic E-state index is -0.266. The van der Waals surface area contributed by atoms with Crippen LogP contribution in [0.5, 0.6) is 0 Å². The van der Waals surface area contributed by atoms with Crippen molar-refractivity contribution in [2.75, 3.05) is 44.6 Å². The fraction of sp³-hybridized carbons (Fsp3) is 0.562. The number of aromatic nitrogens is 1. The van der Waals surface area contributed by atoms with Gasteiger partial charge in [-0.2, -0.15) is 0 Å². The molecule has 2 fully saturated rings. The highest BCUT2D eigenvalue weighted by atomic mass is 16.2. The topological polar surface area (TPSA) is 77.6 Å². The minimum Gasteiger partial charge on any atom is -0.370 e. The summed E-state index contributed by atoms with van der Waals surface area (Å²) in [6.45, 7) is 5.96. The number of amides is 3. The number of pyridine rings is 1. The molecule has 0 spiro atoms. The molecule has 2 N–H and O–H groups in total. The van der Waals surface area contributed by atoms with E-state index in [-0.39, 0.29) is 11.9 Å². The first-order valence-electron chi connectivity index (χ1n) is 8.10. The summed E-state index contributed by atoms with van der Waals surface area (Å²) in [5, 5.41) is 6.02. The smallest absolute Gasteiger partial charge is 0.324 e. The standard InChI is InChI=1S/C16H23N5O2/c1-12-3-2-4-14(19-12)18-9-13-5-7-20(10-13)11-15(22)21-8-6-17-16(21)23/h2-4,13H,5-11H2,1H3,(H,17,23)(H,18,19)/t13-/m1/s1. The number of carbonyl (C=O) groups is 2. The molecule has 0 unspecified atom stereocenters. The van der Waals surface area contributed by atoms with Crippen molar-refractivity contribution < 1.29 is 9.59 Å². The molecule has 124 valence electrons. The van der Waals surface area contributed by atoms with E-state index in [9.17, 15) is 9.59 Å². The largest absolute Gasteiger partial charge is 0.370 e. The summed E-state index contributed by atoms with van der Waals surface area (Å²) in [5.41, 5.74) is 0.998. The molecule has 2 aliphatic rings. The highest BCUT2D eigenvalue weighted by Crippen LogP contribution is 2.17. The molecule has 23 heavy (non-hydrogen) atoms. The maximum atomic E-state index is 12.1. The molecular formula is C16H23N5O2. The van der Waals surface area contributed by atoms with Crippen LogP contribution in [0.4, 0.5) is 10.6 Å². The van der Waals surface area contributed by atoms with Crippen molar-refractivity contribution in [3.63, 3.8) is 0 Å². The van der Waals surface area contributed by atoms with Crippen molar-refractivity contribution >= 4 is 17.8 Å². The normalized spacial score (nSPS) is 21.5. The van der Waals surface area contributed by atoms with Gasteiger partial charge in [-0.1, -0.05) is 6.07 Å². The van der Waals surface area contributed by atoms with Crippen molar-refractivity contribution in [2.45, 2.75) is 13.3 Å². The van der Waals surface area contributed by atoms with Gasteiger partial charge in [0.05, 0.1) is 6.54 Å². The van der Waals surface area contributed by atoms with E-state index in [1.165, 1.54) is 4.90 Å². The Bertz CT molecular complexity index is 592. The number of urea groups is 1. The summed E-state index contributed by atoms with van der Waals surface area (Å²) in [6, 6.07) is 5.67. The summed E-state index contributed by atoms with van der Waals surface area (Å²) in [5.74, 6) is 1.29. The molecule has 7 heteroatoms. The molecule has 2 saturated heterocycles. The number of carbonyl (C=O) groups excluding carboxylic acids is 2. The van der Waals surface area contributed by atoms with Gasteiger partial charge in [0.15, 0.2) is 0 Å². The summed E-state index contributed by atoms with van der Waals surface area (Å²) in [7, 11) is 0. The second-order valence-electron chi connectivity index (χ2n) is 6.21. The minimum absolute atomic E-state index is 0.103. The lowest BCUT2D eigenvalue weighted by molar-refractivity contribution is -0.128. The molecule has 0 saturated carbocycles. The van der Waals surface area contributed by atoms with Crippen molar-refractivity contribution in [1.82, 2.24) is 20.1 Å². The van der Waals surface area contributed by atoms with E-state index < -0.39 is 0 Å². The van der Waals surface area contributed by atoms with E-state index >= 15 is 0 Å². The molecular weight excluding hydrogens is 294 g/mol. The zero-order chi connectivity index (χ0) is 16.2. The second kappa shape index (κ2) is 6.95. The number of imide groups is 1. The number of hydrogen-bond acceptors (Lipinski definition) is 5. The number of aryl methyl sites for hydroxylation is 1. The second-order valence-corrected chi connectivity index (χ2v) is 6.21. The van der Waals surface area contributed by atoms with Crippen LogP contribution in [-0.2, 0) is 4.79 Å². The van der Waals surface area contributed by atoms with Crippen molar-refractivity contribution in [2.24, 2.45) is 5.92 Å². The van der Waals surface area contributed by atoms with Gasteiger partial charge in [-0.3, -0.25) is 14.6 Å². The van der Waals surface area contributed by atoms with E-state index in [1.807, 2.05) is 25.1 Å². The Morgan fingerprint density at radius 2 is 2.30 bits per heavy atom. The molecule has 0 bridgehead atoms. The Labute approximate surface area is 136 Å². The van der Waals surface area contributed by atoms with Gasteiger partial charge in [-0.05, 0) is 37.9 Å². The number of anilines is 1. The van der Waals surface area contributed by atoms with E-state index in [4.69, 9.17) is 0 Å². The third-order valence-electron chi connectivity index (χ3n) is 4.35. The quantitative estimate of drug-likeness (QED) is 0.835. The van der Waals surface area contributed by atoms with Gasteiger partial charge in [0.2, 0.25) is 5.91 Å². The summed E-state index contributed by atoms with van der Waals surface area (Å²) < 4.78 is 0. The lowest BCUT2D eigenvalue weighted by Crippen LogP contribution is -2.41. The third-order valence-corrected chi connectivity index (χ3v) is 4.35. The Morgan fingerprint density at radius 3 is 3.04 bits per heavy atom. The predicted octanol–water partition coefficient (Wildman–Crippen LogP) is 0.676.